The molecule has 0 aliphatic carbocycles. The number of fused-ring (bicyclic) bond motifs is 1. The maximum absolute atomic E-state index is 12.4. The first-order valence-electron chi connectivity index (χ1n) is 10.1. The van der Waals surface area contributed by atoms with Crippen molar-refractivity contribution in [2.24, 2.45) is 5.92 Å². The minimum Gasteiger partial charge on any atom is -0.351 e. The van der Waals surface area contributed by atoms with Gasteiger partial charge < -0.3 is 5.32 Å². The van der Waals surface area contributed by atoms with E-state index in [0.717, 1.165) is 42.5 Å². The highest BCUT2D eigenvalue weighted by atomic mass is 32.2. The van der Waals surface area contributed by atoms with Crippen LogP contribution >= 0.6 is 11.8 Å². The summed E-state index contributed by atoms with van der Waals surface area (Å²) in [5.41, 5.74) is -2.03. The summed E-state index contributed by atoms with van der Waals surface area (Å²) in [5.74, 6) is -0.0316. The van der Waals surface area contributed by atoms with Crippen molar-refractivity contribution in [2.75, 3.05) is 25.4 Å². The largest absolute Gasteiger partial charge is 0.441 e. The Morgan fingerprint density at radius 2 is 2.03 bits per heavy atom. The zero-order valence-corrected chi connectivity index (χ0v) is 18.7. The highest BCUT2D eigenvalue weighted by Crippen LogP contribution is 2.29. The number of amides is 1. The number of carbonyl (C=O) groups excluding carboxylic acids is 1. The molecule has 2 aromatic rings. The Hall–Kier alpha value is -1.74. The first-order chi connectivity index (χ1) is 13.9. The number of aryl methyl sites for hydroxylation is 1. The van der Waals surface area contributed by atoms with Crippen LogP contribution in [0.3, 0.4) is 0 Å². The van der Waals surface area contributed by atoms with Gasteiger partial charge in [0.1, 0.15) is 0 Å². The molecule has 3 rings (SSSR count). The number of aromatic nitrogens is 2. The van der Waals surface area contributed by atoms with Gasteiger partial charge in [-0.25, -0.2) is 0 Å². The summed E-state index contributed by atoms with van der Waals surface area (Å²) in [5, 5.41) is 8.14. The van der Waals surface area contributed by atoms with E-state index in [0.29, 0.717) is 11.5 Å². The third-order valence-corrected chi connectivity index (χ3v) is 6.32. The Morgan fingerprint density at radius 3 is 2.67 bits per heavy atom. The Labute approximate surface area is 179 Å². The molecular weight excluding hydrogens is 413 g/mol. The molecule has 1 aromatic carbocycles. The minimum absolute atomic E-state index is 0.0360. The molecule has 1 aliphatic heterocycles. The van der Waals surface area contributed by atoms with Crippen LogP contribution in [0.1, 0.15) is 43.1 Å². The number of halogens is 3. The lowest BCUT2D eigenvalue weighted by atomic mass is 10.0. The van der Waals surface area contributed by atoms with Gasteiger partial charge in [-0.2, -0.15) is 18.3 Å². The van der Waals surface area contributed by atoms with Crippen LogP contribution < -0.4 is 5.32 Å². The normalized spacial score (nSPS) is 18.3. The zero-order valence-electron chi connectivity index (χ0n) is 17.8. The topological polar surface area (TPSA) is 50.2 Å². The Bertz CT molecular complexity index is 904. The lowest BCUT2D eigenvalue weighted by molar-refractivity contribution is -0.0327. The van der Waals surface area contributed by atoms with Crippen molar-refractivity contribution >= 4 is 28.6 Å². The molecule has 1 saturated heterocycles. The molecule has 1 fully saturated rings. The van der Waals surface area contributed by atoms with Crippen molar-refractivity contribution in [1.82, 2.24) is 20.0 Å². The van der Waals surface area contributed by atoms with Gasteiger partial charge >= 0.3 is 5.51 Å². The number of carbonyl (C=O) groups is 1. The average molecular weight is 443 g/mol. The molecule has 1 aliphatic rings. The summed E-state index contributed by atoms with van der Waals surface area (Å²) in [6.07, 6.45) is 3.11. The summed E-state index contributed by atoms with van der Waals surface area (Å²) < 4.78 is 38.6. The van der Waals surface area contributed by atoms with E-state index in [1.54, 1.807) is 12.1 Å². The number of alkyl halides is 3. The number of nitrogens with zero attached hydrogens (tertiary/aromatic N) is 3. The van der Waals surface area contributed by atoms with Crippen LogP contribution in [0, 0.1) is 12.8 Å². The van der Waals surface area contributed by atoms with E-state index in [2.05, 4.69) is 36.1 Å². The molecular formula is C21H29F3N4OS. The van der Waals surface area contributed by atoms with Gasteiger partial charge in [0.15, 0.2) is 0 Å². The second-order valence-electron chi connectivity index (χ2n) is 8.84. The number of hydrogen-bond acceptors (Lipinski definition) is 4. The van der Waals surface area contributed by atoms with E-state index in [-0.39, 0.29) is 35.5 Å². The van der Waals surface area contributed by atoms with Crippen LogP contribution in [0.4, 0.5) is 13.2 Å². The van der Waals surface area contributed by atoms with Crippen LogP contribution in [0.15, 0.2) is 18.3 Å². The van der Waals surface area contributed by atoms with Gasteiger partial charge in [0, 0.05) is 48.1 Å². The second kappa shape index (κ2) is 8.78. The van der Waals surface area contributed by atoms with Gasteiger partial charge in [0.2, 0.25) is 0 Å². The number of nitrogens with one attached hydrogen (secondary N) is 1. The smallest absolute Gasteiger partial charge is 0.351 e. The van der Waals surface area contributed by atoms with Gasteiger partial charge in [-0.15, -0.1) is 0 Å². The Kier molecular flexibility index (Phi) is 6.72. The molecule has 0 unspecified atom stereocenters. The van der Waals surface area contributed by atoms with Crippen molar-refractivity contribution in [3.8, 4) is 0 Å². The summed E-state index contributed by atoms with van der Waals surface area (Å²) >= 11 is -0.134. The quantitative estimate of drug-likeness (QED) is 0.672. The molecule has 166 valence electrons. The fourth-order valence-electron chi connectivity index (χ4n) is 3.90. The summed E-state index contributed by atoms with van der Waals surface area (Å²) in [4.78, 5) is 14.9. The molecule has 2 heterocycles. The van der Waals surface area contributed by atoms with Gasteiger partial charge in [-0.3, -0.25) is 14.4 Å². The van der Waals surface area contributed by atoms with Crippen LogP contribution in [0.25, 0.3) is 10.9 Å². The lowest BCUT2D eigenvalue weighted by Crippen LogP contribution is -2.39. The van der Waals surface area contributed by atoms with Crippen molar-refractivity contribution in [3.05, 3.63) is 29.5 Å². The molecule has 1 amide bonds. The van der Waals surface area contributed by atoms with Gasteiger partial charge in [-0.05, 0) is 76.0 Å². The molecule has 0 radical (unpaired) electrons. The van der Waals surface area contributed by atoms with Crippen LogP contribution in [-0.2, 0) is 6.54 Å². The van der Waals surface area contributed by atoms with Crippen molar-refractivity contribution in [2.45, 2.75) is 51.7 Å². The monoisotopic (exact) mass is 442 g/mol. The highest BCUT2D eigenvalue weighted by Gasteiger charge is 2.30. The first kappa shape index (κ1) is 22.9. The minimum atomic E-state index is -4.28. The molecule has 30 heavy (non-hydrogen) atoms. The van der Waals surface area contributed by atoms with Crippen molar-refractivity contribution < 1.29 is 18.0 Å². The van der Waals surface area contributed by atoms with E-state index in [1.165, 1.54) is 0 Å². The maximum Gasteiger partial charge on any atom is 0.441 e. The van der Waals surface area contributed by atoms with Crippen LogP contribution in [-0.4, -0.2) is 57.0 Å². The predicted octanol–water partition coefficient (Wildman–Crippen LogP) is 4.45. The standard InChI is InChI=1S/C21H29F3N4OS/c1-14-16(19(29)25-8-10-30-21(22,23)24)5-6-18-17(14)13-28(26-18)12-15-7-9-27(11-15)20(2,3)4/h5-6,13,15H,7-12H2,1-4H3,(H,25,29)/t15-/m1/s1. The number of hydrogen-bond donors (Lipinski definition) is 1. The third kappa shape index (κ3) is 5.69. The van der Waals surface area contributed by atoms with E-state index in [4.69, 9.17) is 0 Å². The van der Waals surface area contributed by atoms with Gasteiger partial charge in [-0.1, -0.05) is 0 Å². The van der Waals surface area contributed by atoms with Gasteiger partial charge in [0.05, 0.1) is 5.52 Å². The second-order valence-corrected chi connectivity index (χ2v) is 10.0. The van der Waals surface area contributed by atoms with Crippen molar-refractivity contribution in [3.63, 3.8) is 0 Å². The fourth-order valence-corrected chi connectivity index (χ4v) is 4.34. The maximum atomic E-state index is 12.4. The fraction of sp³-hybridized carbons (Fsp3) is 0.619. The molecule has 0 bridgehead atoms. The molecule has 1 N–H and O–H groups in total. The average Bonchev–Trinajstić information content (AvgIpc) is 3.25. The zero-order chi connectivity index (χ0) is 22.1. The van der Waals surface area contributed by atoms with Crippen LogP contribution in [0.2, 0.25) is 0 Å². The predicted molar refractivity (Wildman–Crippen MR) is 115 cm³/mol. The van der Waals surface area contributed by atoms with E-state index >= 15 is 0 Å². The number of likely N-dealkylation sites (tertiary alicyclic amines) is 1. The van der Waals surface area contributed by atoms with Crippen LogP contribution in [0.5, 0.6) is 0 Å². The summed E-state index contributed by atoms with van der Waals surface area (Å²) in [6, 6.07) is 3.49. The molecule has 0 saturated carbocycles. The first-order valence-corrected chi connectivity index (χ1v) is 11.1. The molecule has 5 nitrogen and oxygen atoms in total. The van der Waals surface area contributed by atoms with E-state index in [9.17, 15) is 18.0 Å². The molecule has 1 atom stereocenters. The van der Waals surface area contributed by atoms with E-state index < -0.39 is 5.51 Å². The Morgan fingerprint density at radius 1 is 1.30 bits per heavy atom. The number of thioether (sulfide) groups is 1. The van der Waals surface area contributed by atoms with E-state index in [1.807, 2.05) is 17.8 Å². The lowest BCUT2D eigenvalue weighted by Gasteiger charge is -2.31. The Balaban J connectivity index is 1.64. The third-order valence-electron chi connectivity index (χ3n) is 5.58. The summed E-state index contributed by atoms with van der Waals surface area (Å²) in [7, 11) is 0. The van der Waals surface area contributed by atoms with Gasteiger partial charge in [0.25, 0.3) is 5.91 Å². The van der Waals surface area contributed by atoms with Crippen molar-refractivity contribution in [1.29, 1.82) is 0 Å². The molecule has 9 heteroatoms. The molecule has 1 aromatic heterocycles. The highest BCUT2D eigenvalue weighted by molar-refractivity contribution is 8.00. The number of benzene rings is 1. The molecule has 0 spiro atoms. The number of rotatable bonds is 6. The summed E-state index contributed by atoms with van der Waals surface area (Å²) in [6.45, 7) is 11.5. The SMILES string of the molecule is Cc1c(C(=O)NCCSC(F)(F)F)ccc2nn(C[C@@H]3CCN(C(C)(C)C)C3)cc12.